The summed E-state index contributed by atoms with van der Waals surface area (Å²) in [5.74, 6) is -2.10. The Morgan fingerprint density at radius 3 is 2.37 bits per heavy atom. The summed E-state index contributed by atoms with van der Waals surface area (Å²) in [4.78, 5) is 22.6. The number of carbonyl (C=O) groups excluding carboxylic acids is 1. The SMILES string of the molecule is O=C(Nc1ccc(F)cc1F)c1cccc(Cc2ccc([N+](=O)[O-])cc2)c1. The van der Waals surface area contributed by atoms with Gasteiger partial charge in [0.2, 0.25) is 0 Å². The first-order valence-electron chi connectivity index (χ1n) is 8.01. The van der Waals surface area contributed by atoms with Crippen LogP contribution in [0.1, 0.15) is 21.5 Å². The number of carbonyl (C=O) groups is 1. The molecule has 0 bridgehead atoms. The highest BCUT2D eigenvalue weighted by atomic mass is 19.1. The number of non-ortho nitro benzene ring substituents is 1. The van der Waals surface area contributed by atoms with Crippen LogP contribution < -0.4 is 5.32 Å². The highest BCUT2D eigenvalue weighted by molar-refractivity contribution is 6.04. The van der Waals surface area contributed by atoms with Crippen molar-refractivity contribution in [3.05, 3.63) is 105 Å². The number of rotatable bonds is 5. The molecule has 0 aliphatic rings. The lowest BCUT2D eigenvalue weighted by Crippen LogP contribution is -2.13. The molecule has 0 spiro atoms. The summed E-state index contributed by atoms with van der Waals surface area (Å²) in [6.45, 7) is 0. The van der Waals surface area contributed by atoms with Crippen molar-refractivity contribution < 1.29 is 18.5 Å². The van der Waals surface area contributed by atoms with E-state index >= 15 is 0 Å². The molecular weight excluding hydrogens is 354 g/mol. The Hall–Kier alpha value is -3.61. The van der Waals surface area contributed by atoms with Crippen LogP contribution in [0.3, 0.4) is 0 Å². The zero-order valence-corrected chi connectivity index (χ0v) is 14.0. The molecule has 3 rings (SSSR count). The molecule has 3 aromatic carbocycles. The van der Waals surface area contributed by atoms with Crippen LogP contribution in [-0.2, 0) is 6.42 Å². The summed E-state index contributed by atoms with van der Waals surface area (Å²) in [6.07, 6.45) is 0.476. The first-order chi connectivity index (χ1) is 12.9. The van der Waals surface area contributed by atoms with E-state index in [1.165, 1.54) is 12.1 Å². The minimum atomic E-state index is -0.856. The van der Waals surface area contributed by atoms with Gasteiger partial charge in [-0.15, -0.1) is 0 Å². The lowest BCUT2D eigenvalue weighted by molar-refractivity contribution is -0.384. The third kappa shape index (κ3) is 4.52. The van der Waals surface area contributed by atoms with Crippen LogP contribution in [0.4, 0.5) is 20.2 Å². The van der Waals surface area contributed by atoms with Crippen molar-refractivity contribution in [1.29, 1.82) is 0 Å². The van der Waals surface area contributed by atoms with Crippen molar-refractivity contribution in [3.8, 4) is 0 Å². The van der Waals surface area contributed by atoms with Gasteiger partial charge >= 0.3 is 0 Å². The quantitative estimate of drug-likeness (QED) is 0.523. The molecule has 5 nitrogen and oxygen atoms in total. The van der Waals surface area contributed by atoms with Gasteiger partial charge in [0, 0.05) is 23.8 Å². The average Bonchev–Trinajstić information content (AvgIpc) is 2.64. The molecule has 0 unspecified atom stereocenters. The molecule has 0 saturated carbocycles. The van der Waals surface area contributed by atoms with Gasteiger partial charge in [-0.25, -0.2) is 8.78 Å². The van der Waals surface area contributed by atoms with Crippen molar-refractivity contribution in [2.24, 2.45) is 0 Å². The predicted molar refractivity (Wildman–Crippen MR) is 96.7 cm³/mol. The van der Waals surface area contributed by atoms with Crippen molar-refractivity contribution in [1.82, 2.24) is 0 Å². The number of anilines is 1. The van der Waals surface area contributed by atoms with Gasteiger partial charge in [-0.3, -0.25) is 14.9 Å². The molecule has 0 atom stereocenters. The summed E-state index contributed by atoms with van der Waals surface area (Å²) in [5, 5.41) is 13.1. The molecule has 0 saturated heterocycles. The fourth-order valence-corrected chi connectivity index (χ4v) is 2.58. The van der Waals surface area contributed by atoms with Crippen LogP contribution in [-0.4, -0.2) is 10.8 Å². The molecule has 0 heterocycles. The van der Waals surface area contributed by atoms with Crippen LogP contribution in [0.25, 0.3) is 0 Å². The molecule has 7 heteroatoms. The highest BCUT2D eigenvalue weighted by Gasteiger charge is 2.11. The normalized spacial score (nSPS) is 10.4. The maximum atomic E-state index is 13.7. The summed E-state index contributed by atoms with van der Waals surface area (Å²) < 4.78 is 26.6. The first kappa shape index (κ1) is 18.2. The minimum Gasteiger partial charge on any atom is -0.319 e. The summed E-state index contributed by atoms with van der Waals surface area (Å²) in [6, 6.07) is 15.8. The lowest BCUT2D eigenvalue weighted by Gasteiger charge is -2.08. The fourth-order valence-electron chi connectivity index (χ4n) is 2.58. The number of hydrogen-bond donors (Lipinski definition) is 1. The maximum absolute atomic E-state index is 13.7. The lowest BCUT2D eigenvalue weighted by atomic mass is 10.0. The zero-order chi connectivity index (χ0) is 19.4. The molecule has 3 aromatic rings. The third-order valence-corrected chi connectivity index (χ3v) is 3.92. The third-order valence-electron chi connectivity index (χ3n) is 3.92. The molecular formula is C20H14F2N2O3. The van der Waals surface area contributed by atoms with E-state index in [0.717, 1.165) is 23.3 Å². The number of hydrogen-bond acceptors (Lipinski definition) is 3. The Morgan fingerprint density at radius 1 is 0.963 bits per heavy atom. The van der Waals surface area contributed by atoms with Crippen LogP contribution >= 0.6 is 0 Å². The van der Waals surface area contributed by atoms with Crippen LogP contribution in [0.5, 0.6) is 0 Å². The molecule has 27 heavy (non-hydrogen) atoms. The molecule has 0 aliphatic carbocycles. The van der Waals surface area contributed by atoms with E-state index in [9.17, 15) is 23.7 Å². The van der Waals surface area contributed by atoms with Gasteiger partial charge in [0.1, 0.15) is 11.6 Å². The van der Waals surface area contributed by atoms with Gasteiger partial charge in [-0.1, -0.05) is 24.3 Å². The van der Waals surface area contributed by atoms with Gasteiger partial charge in [0.25, 0.3) is 11.6 Å². The van der Waals surface area contributed by atoms with Crippen molar-refractivity contribution in [2.45, 2.75) is 6.42 Å². The molecule has 136 valence electrons. The van der Waals surface area contributed by atoms with E-state index in [1.807, 2.05) is 6.07 Å². The summed E-state index contributed by atoms with van der Waals surface area (Å²) in [7, 11) is 0. The van der Waals surface area contributed by atoms with Gasteiger partial charge in [0.15, 0.2) is 0 Å². The maximum Gasteiger partial charge on any atom is 0.269 e. The van der Waals surface area contributed by atoms with Gasteiger partial charge in [0.05, 0.1) is 10.6 Å². The van der Waals surface area contributed by atoms with Crippen LogP contribution in [0, 0.1) is 21.7 Å². The van der Waals surface area contributed by atoms with Crippen molar-refractivity contribution in [3.63, 3.8) is 0 Å². The fraction of sp³-hybridized carbons (Fsp3) is 0.0500. The number of amides is 1. The molecule has 0 aromatic heterocycles. The zero-order valence-electron chi connectivity index (χ0n) is 14.0. The van der Waals surface area contributed by atoms with Crippen molar-refractivity contribution >= 4 is 17.3 Å². The molecule has 0 fully saturated rings. The molecule has 0 radical (unpaired) electrons. The number of halogens is 2. The van der Waals surface area contributed by atoms with Crippen molar-refractivity contribution in [2.75, 3.05) is 5.32 Å². The van der Waals surface area contributed by atoms with Gasteiger partial charge in [-0.2, -0.15) is 0 Å². The average molecular weight is 368 g/mol. The second kappa shape index (κ2) is 7.74. The standard InChI is InChI=1S/C20H14F2N2O3/c21-16-6-9-19(18(22)12-16)23-20(25)15-3-1-2-14(11-15)10-13-4-7-17(8-5-13)24(26)27/h1-9,11-12H,10H2,(H,23,25). The van der Waals surface area contributed by atoms with E-state index in [1.54, 1.807) is 30.3 Å². The van der Waals surface area contributed by atoms with E-state index < -0.39 is 22.5 Å². The Labute approximate surface area is 153 Å². The van der Waals surface area contributed by atoms with Crippen LogP contribution in [0.15, 0.2) is 66.7 Å². The molecule has 0 aliphatic heterocycles. The predicted octanol–water partition coefficient (Wildman–Crippen LogP) is 4.72. The number of nitro groups is 1. The first-order valence-corrected chi connectivity index (χ1v) is 8.01. The van der Waals surface area contributed by atoms with E-state index in [4.69, 9.17) is 0 Å². The number of nitro benzene ring substituents is 1. The minimum absolute atomic E-state index is 0.00760. The summed E-state index contributed by atoms with van der Waals surface area (Å²) >= 11 is 0. The molecule has 1 amide bonds. The monoisotopic (exact) mass is 368 g/mol. The Bertz CT molecular complexity index is 1000. The number of nitrogens with zero attached hydrogens (tertiary/aromatic N) is 1. The topological polar surface area (TPSA) is 72.2 Å². The summed E-state index contributed by atoms with van der Waals surface area (Å²) in [5.41, 5.74) is 1.88. The second-order valence-electron chi connectivity index (χ2n) is 5.88. The smallest absolute Gasteiger partial charge is 0.269 e. The Kier molecular flexibility index (Phi) is 5.21. The van der Waals surface area contributed by atoms with Crippen LogP contribution in [0.2, 0.25) is 0 Å². The second-order valence-corrected chi connectivity index (χ2v) is 5.88. The largest absolute Gasteiger partial charge is 0.319 e. The highest BCUT2D eigenvalue weighted by Crippen LogP contribution is 2.18. The number of benzene rings is 3. The van der Waals surface area contributed by atoms with E-state index in [2.05, 4.69) is 5.32 Å². The molecule has 1 N–H and O–H groups in total. The Balaban J connectivity index is 1.74. The van der Waals surface area contributed by atoms with E-state index in [-0.39, 0.29) is 11.4 Å². The van der Waals surface area contributed by atoms with Gasteiger partial charge in [-0.05, 0) is 41.8 Å². The van der Waals surface area contributed by atoms with Gasteiger partial charge < -0.3 is 5.32 Å². The Morgan fingerprint density at radius 2 is 1.70 bits per heavy atom. The van der Waals surface area contributed by atoms with E-state index in [0.29, 0.717) is 18.1 Å². The number of nitrogens with one attached hydrogen (secondary N) is 1.